The summed E-state index contributed by atoms with van der Waals surface area (Å²) in [5.41, 5.74) is 0.505. The van der Waals surface area contributed by atoms with E-state index >= 15 is 0 Å². The number of esters is 1. The average Bonchev–Trinajstić information content (AvgIpc) is 2.86. The van der Waals surface area contributed by atoms with Crippen LogP contribution in [-0.4, -0.2) is 38.1 Å². The van der Waals surface area contributed by atoms with Gasteiger partial charge in [0.15, 0.2) is 0 Å². The first-order valence-electron chi connectivity index (χ1n) is 7.10. The monoisotopic (exact) mass is 274 g/mol. The standard InChI is InChI=1S/C15H19BO4/c1-10-13-14(16)20-15(10,9-19-13)7-12(17)18-8-11-5-3-2-4-6-11/h2-6,10,13-14H,7-9,16H2,1H3/t10?,13-,14-,15-/m1/s1. The lowest BCUT2D eigenvalue weighted by Crippen LogP contribution is -2.40. The smallest absolute Gasteiger partial charge is 0.309 e. The first-order chi connectivity index (χ1) is 9.61. The molecule has 2 aliphatic rings. The third-order valence-electron chi connectivity index (χ3n) is 4.41. The summed E-state index contributed by atoms with van der Waals surface area (Å²) in [6.07, 6.45) is 0.374. The molecule has 0 radical (unpaired) electrons. The summed E-state index contributed by atoms with van der Waals surface area (Å²) in [4.78, 5) is 12.0. The number of ether oxygens (including phenoxy) is 3. The number of hydrogen-bond donors (Lipinski definition) is 0. The van der Waals surface area contributed by atoms with Crippen molar-refractivity contribution in [2.45, 2.75) is 37.7 Å². The molecule has 1 aromatic rings. The molecule has 4 atom stereocenters. The van der Waals surface area contributed by atoms with Gasteiger partial charge in [0.05, 0.1) is 25.1 Å². The van der Waals surface area contributed by atoms with Gasteiger partial charge in [0, 0.05) is 5.92 Å². The molecule has 0 aromatic heterocycles. The van der Waals surface area contributed by atoms with E-state index in [2.05, 4.69) is 6.92 Å². The number of rotatable bonds is 4. The molecule has 20 heavy (non-hydrogen) atoms. The average molecular weight is 274 g/mol. The molecule has 2 fully saturated rings. The van der Waals surface area contributed by atoms with E-state index in [4.69, 9.17) is 14.2 Å². The van der Waals surface area contributed by atoms with E-state index in [0.29, 0.717) is 13.2 Å². The summed E-state index contributed by atoms with van der Waals surface area (Å²) < 4.78 is 17.0. The molecule has 0 spiro atoms. The second kappa shape index (κ2) is 5.22. The fraction of sp³-hybridized carbons (Fsp3) is 0.533. The Bertz CT molecular complexity index is 492. The Morgan fingerprint density at radius 1 is 1.45 bits per heavy atom. The number of hydrogen-bond acceptors (Lipinski definition) is 4. The van der Waals surface area contributed by atoms with Gasteiger partial charge in [0.25, 0.3) is 0 Å². The summed E-state index contributed by atoms with van der Waals surface area (Å²) in [6.45, 7) is 2.89. The molecule has 0 amide bonds. The SMILES string of the molecule is B[C@@H]1O[C@]2(CC(=O)OCc3ccccc3)CO[C@@H]1C2C. The van der Waals surface area contributed by atoms with Crippen LogP contribution in [0.5, 0.6) is 0 Å². The van der Waals surface area contributed by atoms with E-state index in [1.54, 1.807) is 0 Å². The van der Waals surface area contributed by atoms with Crippen molar-refractivity contribution in [2.75, 3.05) is 6.61 Å². The summed E-state index contributed by atoms with van der Waals surface area (Å²) in [6, 6.07) is 9.74. The molecular weight excluding hydrogens is 255 g/mol. The van der Waals surface area contributed by atoms with Crippen LogP contribution in [0.25, 0.3) is 0 Å². The first kappa shape index (κ1) is 13.6. The maximum atomic E-state index is 12.0. The van der Waals surface area contributed by atoms with Gasteiger partial charge in [-0.3, -0.25) is 4.79 Å². The fourth-order valence-corrected chi connectivity index (χ4v) is 3.22. The highest BCUT2D eigenvalue weighted by Gasteiger charge is 2.58. The lowest BCUT2D eigenvalue weighted by molar-refractivity contribution is -0.160. The Kier molecular flexibility index (Phi) is 3.56. The van der Waals surface area contributed by atoms with E-state index in [1.807, 2.05) is 38.2 Å². The third-order valence-corrected chi connectivity index (χ3v) is 4.41. The van der Waals surface area contributed by atoms with E-state index in [0.717, 1.165) is 5.56 Å². The molecule has 4 nitrogen and oxygen atoms in total. The molecule has 5 heteroatoms. The number of benzene rings is 1. The molecule has 2 aliphatic heterocycles. The zero-order chi connectivity index (χ0) is 14.2. The Morgan fingerprint density at radius 2 is 2.20 bits per heavy atom. The predicted molar refractivity (Wildman–Crippen MR) is 75.9 cm³/mol. The Balaban J connectivity index is 1.57. The van der Waals surface area contributed by atoms with Gasteiger partial charge in [-0.05, 0) is 5.56 Å². The van der Waals surface area contributed by atoms with E-state index in [9.17, 15) is 4.79 Å². The summed E-state index contributed by atoms with van der Waals surface area (Å²) in [7, 11) is 2.00. The highest BCUT2D eigenvalue weighted by molar-refractivity contribution is 6.11. The van der Waals surface area contributed by atoms with Crippen LogP contribution in [-0.2, 0) is 25.6 Å². The predicted octanol–water partition coefficient (Wildman–Crippen LogP) is 0.883. The number of fused-ring (bicyclic) bond motifs is 2. The van der Waals surface area contributed by atoms with Gasteiger partial charge in [-0.2, -0.15) is 0 Å². The van der Waals surface area contributed by atoms with Gasteiger partial charge < -0.3 is 14.2 Å². The molecule has 1 unspecified atom stereocenters. The summed E-state index contributed by atoms with van der Waals surface area (Å²) in [5.74, 6) is 0.0147. The normalized spacial score (nSPS) is 35.1. The molecule has 3 rings (SSSR count). The van der Waals surface area contributed by atoms with Gasteiger partial charge >= 0.3 is 5.97 Å². The van der Waals surface area contributed by atoms with Crippen molar-refractivity contribution in [2.24, 2.45) is 5.92 Å². The van der Waals surface area contributed by atoms with Crippen molar-refractivity contribution in [1.29, 1.82) is 0 Å². The number of carbonyl (C=O) groups is 1. The zero-order valence-electron chi connectivity index (χ0n) is 11.9. The van der Waals surface area contributed by atoms with Gasteiger partial charge in [-0.25, -0.2) is 0 Å². The molecule has 106 valence electrons. The van der Waals surface area contributed by atoms with Crippen LogP contribution in [0.2, 0.25) is 0 Å². The highest BCUT2D eigenvalue weighted by atomic mass is 16.6. The maximum Gasteiger partial charge on any atom is 0.309 e. The molecule has 0 N–H and O–H groups in total. The Labute approximate surface area is 119 Å². The topological polar surface area (TPSA) is 44.8 Å². The largest absolute Gasteiger partial charge is 0.461 e. The molecular formula is C15H19BO4. The number of carbonyl (C=O) groups excluding carboxylic acids is 1. The second-order valence-electron chi connectivity index (χ2n) is 5.78. The van der Waals surface area contributed by atoms with Crippen molar-refractivity contribution >= 4 is 13.8 Å². The molecule has 0 saturated carbocycles. The van der Waals surface area contributed by atoms with Crippen molar-refractivity contribution in [3.05, 3.63) is 35.9 Å². The van der Waals surface area contributed by atoms with Crippen molar-refractivity contribution in [3.8, 4) is 0 Å². The van der Waals surface area contributed by atoms with Crippen LogP contribution in [0.3, 0.4) is 0 Å². The van der Waals surface area contributed by atoms with E-state index in [-0.39, 0.29) is 30.4 Å². The van der Waals surface area contributed by atoms with Crippen LogP contribution in [0.1, 0.15) is 18.9 Å². The highest BCUT2D eigenvalue weighted by Crippen LogP contribution is 2.45. The Hall–Kier alpha value is -1.33. The van der Waals surface area contributed by atoms with Crippen molar-refractivity contribution in [3.63, 3.8) is 0 Å². The van der Waals surface area contributed by atoms with Gasteiger partial charge in [-0.15, -0.1) is 0 Å². The minimum Gasteiger partial charge on any atom is -0.461 e. The first-order valence-corrected chi connectivity index (χ1v) is 7.10. The Morgan fingerprint density at radius 3 is 2.80 bits per heavy atom. The summed E-state index contributed by atoms with van der Waals surface area (Å²) >= 11 is 0. The maximum absolute atomic E-state index is 12.0. The van der Waals surface area contributed by atoms with E-state index in [1.165, 1.54) is 0 Å². The van der Waals surface area contributed by atoms with Crippen LogP contribution in [0, 0.1) is 5.92 Å². The molecule has 2 saturated heterocycles. The van der Waals surface area contributed by atoms with Crippen molar-refractivity contribution in [1.82, 2.24) is 0 Å². The molecule has 2 bridgehead atoms. The second-order valence-corrected chi connectivity index (χ2v) is 5.78. The minimum atomic E-state index is -0.488. The van der Waals surface area contributed by atoms with Crippen molar-refractivity contribution < 1.29 is 19.0 Å². The van der Waals surface area contributed by atoms with Gasteiger partial charge in [0.2, 0.25) is 0 Å². The van der Waals surface area contributed by atoms with Gasteiger partial charge in [-0.1, -0.05) is 37.3 Å². The zero-order valence-corrected chi connectivity index (χ0v) is 11.9. The van der Waals surface area contributed by atoms with Gasteiger partial charge in [0.1, 0.15) is 20.1 Å². The van der Waals surface area contributed by atoms with Crippen LogP contribution >= 0.6 is 0 Å². The van der Waals surface area contributed by atoms with Crippen LogP contribution in [0.15, 0.2) is 30.3 Å². The minimum absolute atomic E-state index is 0.0562. The molecule has 1 aromatic carbocycles. The van der Waals surface area contributed by atoms with Crippen LogP contribution < -0.4 is 0 Å². The molecule has 0 aliphatic carbocycles. The van der Waals surface area contributed by atoms with E-state index < -0.39 is 5.60 Å². The quantitative estimate of drug-likeness (QED) is 0.604. The lowest BCUT2D eigenvalue weighted by atomic mass is 9.84. The lowest BCUT2D eigenvalue weighted by Gasteiger charge is -2.29. The van der Waals surface area contributed by atoms with Crippen LogP contribution in [0.4, 0.5) is 0 Å². The fourth-order valence-electron chi connectivity index (χ4n) is 3.22. The summed E-state index contributed by atoms with van der Waals surface area (Å²) in [5, 5.41) is 0. The molecule has 2 heterocycles. The third kappa shape index (κ3) is 2.36.